The van der Waals surface area contributed by atoms with Gasteiger partial charge in [0, 0.05) is 61.3 Å². The summed E-state index contributed by atoms with van der Waals surface area (Å²) in [6.45, 7) is 11.2. The van der Waals surface area contributed by atoms with Gasteiger partial charge in [0.25, 0.3) is 5.91 Å². The van der Waals surface area contributed by atoms with Gasteiger partial charge in [0.15, 0.2) is 0 Å². The summed E-state index contributed by atoms with van der Waals surface area (Å²) in [6, 6.07) is 21.0. The van der Waals surface area contributed by atoms with Crippen LogP contribution in [0.1, 0.15) is 34.8 Å². The Morgan fingerprint density at radius 2 is 1.89 bits per heavy atom. The third-order valence-corrected chi connectivity index (χ3v) is 7.15. The molecule has 2 aromatic carbocycles. The number of nitrogens with zero attached hydrogens (tertiary/aromatic N) is 4. The van der Waals surface area contributed by atoms with Crippen molar-refractivity contribution in [2.45, 2.75) is 33.2 Å². The van der Waals surface area contributed by atoms with E-state index in [0.29, 0.717) is 18.2 Å². The van der Waals surface area contributed by atoms with Gasteiger partial charge in [-0.15, -0.1) is 0 Å². The Balaban J connectivity index is 1.20. The predicted octanol–water partition coefficient (Wildman–Crippen LogP) is 5.24. The second-order valence-electron chi connectivity index (χ2n) is 10.1. The van der Waals surface area contributed by atoms with Crippen LogP contribution >= 0.6 is 0 Å². The molecular formula is C31H35N5O. The summed E-state index contributed by atoms with van der Waals surface area (Å²) in [7, 11) is 0. The summed E-state index contributed by atoms with van der Waals surface area (Å²) < 4.78 is 0. The molecule has 6 heteroatoms. The molecule has 5 rings (SSSR count). The Bertz CT molecular complexity index is 1390. The Labute approximate surface area is 219 Å². The molecule has 1 N–H and O–H groups in total. The lowest BCUT2D eigenvalue weighted by Gasteiger charge is -2.41. The van der Waals surface area contributed by atoms with Crippen molar-refractivity contribution < 1.29 is 4.79 Å². The molecule has 0 aliphatic carbocycles. The van der Waals surface area contributed by atoms with Gasteiger partial charge in [0.2, 0.25) is 0 Å². The average molecular weight is 494 g/mol. The number of piperazine rings is 1. The molecule has 6 nitrogen and oxygen atoms in total. The van der Waals surface area contributed by atoms with E-state index in [9.17, 15) is 4.79 Å². The molecule has 1 saturated heterocycles. The summed E-state index contributed by atoms with van der Waals surface area (Å²) >= 11 is 0. The molecule has 3 heterocycles. The van der Waals surface area contributed by atoms with E-state index in [1.165, 1.54) is 11.3 Å². The first kappa shape index (κ1) is 24.9. The number of nitrogens with one attached hydrogen (secondary N) is 1. The fraction of sp³-hybridized carbons (Fsp3) is 0.323. The fourth-order valence-electron chi connectivity index (χ4n) is 5.22. The van der Waals surface area contributed by atoms with Crippen LogP contribution in [-0.4, -0.2) is 59.5 Å². The van der Waals surface area contributed by atoms with E-state index in [0.717, 1.165) is 60.3 Å². The van der Waals surface area contributed by atoms with Crippen molar-refractivity contribution in [3.05, 3.63) is 89.7 Å². The van der Waals surface area contributed by atoms with Gasteiger partial charge in [0.05, 0.1) is 16.8 Å². The maximum absolute atomic E-state index is 13.3. The maximum Gasteiger partial charge on any atom is 0.252 e. The normalized spacial score (nSPS) is 16.2. The molecule has 0 spiro atoms. The highest BCUT2D eigenvalue weighted by molar-refractivity contribution is 6.07. The van der Waals surface area contributed by atoms with Crippen LogP contribution in [0.3, 0.4) is 0 Å². The fourth-order valence-corrected chi connectivity index (χ4v) is 5.22. The summed E-state index contributed by atoms with van der Waals surface area (Å²) in [6.07, 6.45) is 4.44. The average Bonchev–Trinajstić information content (AvgIpc) is 2.91. The number of aryl methyl sites for hydroxylation is 2. The minimum Gasteiger partial charge on any atom is -0.366 e. The number of benzene rings is 2. The molecule has 0 saturated carbocycles. The Morgan fingerprint density at radius 3 is 2.68 bits per heavy atom. The number of hydrogen-bond donors (Lipinski definition) is 1. The van der Waals surface area contributed by atoms with Gasteiger partial charge in [-0.25, -0.2) is 4.98 Å². The van der Waals surface area contributed by atoms with Gasteiger partial charge in [0.1, 0.15) is 0 Å². The highest BCUT2D eigenvalue weighted by Crippen LogP contribution is 2.26. The third kappa shape index (κ3) is 5.81. The minimum atomic E-state index is -0.0548. The second kappa shape index (κ2) is 11.1. The first-order valence-corrected chi connectivity index (χ1v) is 13.1. The lowest BCUT2D eigenvalue weighted by molar-refractivity contribution is 0.0952. The van der Waals surface area contributed by atoms with Gasteiger partial charge >= 0.3 is 0 Å². The van der Waals surface area contributed by atoms with E-state index >= 15 is 0 Å². The Kier molecular flexibility index (Phi) is 7.47. The summed E-state index contributed by atoms with van der Waals surface area (Å²) in [5, 5.41) is 4.04. The SMILES string of the molecule is Cc1cccc(N2CCN(CCCNC(=O)c3cc(-c4cccnc4)nc4ccc(C)cc34)C[C@@H]2C)c1. The first-order valence-electron chi connectivity index (χ1n) is 13.1. The monoisotopic (exact) mass is 493 g/mol. The molecule has 0 bridgehead atoms. The van der Waals surface area contributed by atoms with Crippen molar-refractivity contribution in [2.24, 2.45) is 0 Å². The largest absolute Gasteiger partial charge is 0.366 e. The summed E-state index contributed by atoms with van der Waals surface area (Å²) in [5.41, 5.74) is 6.85. The van der Waals surface area contributed by atoms with Crippen LogP contribution in [0, 0.1) is 13.8 Å². The molecular weight excluding hydrogens is 458 g/mol. The van der Waals surface area contributed by atoms with E-state index in [2.05, 4.69) is 58.2 Å². The van der Waals surface area contributed by atoms with Crippen LogP contribution in [0.2, 0.25) is 0 Å². The molecule has 2 aromatic heterocycles. The van der Waals surface area contributed by atoms with Crippen LogP contribution in [0.5, 0.6) is 0 Å². The number of carbonyl (C=O) groups is 1. The van der Waals surface area contributed by atoms with Gasteiger partial charge in [-0.2, -0.15) is 0 Å². The van der Waals surface area contributed by atoms with Gasteiger partial charge in [-0.05, 0) is 81.8 Å². The van der Waals surface area contributed by atoms with Crippen molar-refractivity contribution in [1.82, 2.24) is 20.2 Å². The second-order valence-corrected chi connectivity index (χ2v) is 10.1. The van der Waals surface area contributed by atoms with Crippen LogP contribution in [-0.2, 0) is 0 Å². The number of anilines is 1. The van der Waals surface area contributed by atoms with Crippen LogP contribution in [0.25, 0.3) is 22.2 Å². The van der Waals surface area contributed by atoms with Crippen LogP contribution < -0.4 is 10.2 Å². The molecule has 1 aliphatic rings. The molecule has 4 aromatic rings. The van der Waals surface area contributed by atoms with E-state index in [-0.39, 0.29) is 5.91 Å². The van der Waals surface area contributed by atoms with Crippen LogP contribution in [0.4, 0.5) is 5.69 Å². The summed E-state index contributed by atoms with van der Waals surface area (Å²) in [5.74, 6) is -0.0548. The number of hydrogen-bond acceptors (Lipinski definition) is 5. The van der Waals surface area contributed by atoms with Crippen molar-refractivity contribution in [3.8, 4) is 11.3 Å². The Morgan fingerprint density at radius 1 is 1.03 bits per heavy atom. The lowest BCUT2D eigenvalue weighted by Crippen LogP contribution is -2.52. The zero-order chi connectivity index (χ0) is 25.8. The molecule has 0 unspecified atom stereocenters. The van der Waals surface area contributed by atoms with Crippen LogP contribution in [0.15, 0.2) is 73.1 Å². The molecule has 190 valence electrons. The predicted molar refractivity (Wildman–Crippen MR) is 151 cm³/mol. The highest BCUT2D eigenvalue weighted by atomic mass is 16.1. The van der Waals surface area contributed by atoms with E-state index < -0.39 is 0 Å². The number of pyridine rings is 2. The standard InChI is InChI=1S/C31H35N5O/c1-22-7-4-9-26(17-22)36-16-15-35(21-24(36)3)14-6-13-33-31(37)28-19-30(25-8-5-12-32-20-25)34-29-11-10-23(2)18-27(28)29/h4-5,7-12,17-20,24H,6,13-16,21H2,1-3H3,(H,33,37)/t24-/m0/s1. The van der Waals surface area contributed by atoms with Gasteiger partial charge in [-0.1, -0.05) is 23.8 Å². The van der Waals surface area contributed by atoms with Crippen molar-refractivity contribution in [2.75, 3.05) is 37.6 Å². The number of fused-ring (bicyclic) bond motifs is 1. The van der Waals surface area contributed by atoms with Crippen molar-refractivity contribution in [3.63, 3.8) is 0 Å². The first-order chi connectivity index (χ1) is 18.0. The number of rotatable bonds is 7. The molecule has 1 fully saturated rings. The number of amides is 1. The van der Waals surface area contributed by atoms with Crippen molar-refractivity contribution in [1.29, 1.82) is 0 Å². The lowest BCUT2D eigenvalue weighted by atomic mass is 10.0. The summed E-state index contributed by atoms with van der Waals surface area (Å²) in [4.78, 5) is 27.3. The van der Waals surface area contributed by atoms with Gasteiger partial charge in [-0.3, -0.25) is 14.7 Å². The minimum absolute atomic E-state index is 0.0548. The smallest absolute Gasteiger partial charge is 0.252 e. The van der Waals surface area contributed by atoms with E-state index in [1.54, 1.807) is 12.4 Å². The maximum atomic E-state index is 13.3. The molecule has 1 amide bonds. The van der Waals surface area contributed by atoms with E-state index in [4.69, 9.17) is 4.98 Å². The third-order valence-electron chi connectivity index (χ3n) is 7.15. The van der Waals surface area contributed by atoms with Crippen molar-refractivity contribution >= 4 is 22.5 Å². The number of aromatic nitrogens is 2. The Hall–Kier alpha value is -3.77. The topological polar surface area (TPSA) is 61.4 Å². The molecule has 0 radical (unpaired) electrons. The molecule has 1 aliphatic heterocycles. The van der Waals surface area contributed by atoms with Gasteiger partial charge < -0.3 is 10.2 Å². The zero-order valence-corrected chi connectivity index (χ0v) is 21.9. The highest BCUT2D eigenvalue weighted by Gasteiger charge is 2.23. The number of carbonyl (C=O) groups excluding carboxylic acids is 1. The van der Waals surface area contributed by atoms with E-state index in [1.807, 2.05) is 43.3 Å². The molecule has 1 atom stereocenters. The zero-order valence-electron chi connectivity index (χ0n) is 21.9. The molecule has 37 heavy (non-hydrogen) atoms. The quantitative estimate of drug-likeness (QED) is 0.357.